The van der Waals surface area contributed by atoms with E-state index in [9.17, 15) is 18.0 Å². The van der Waals surface area contributed by atoms with Crippen LogP contribution in [0.15, 0.2) is 12.2 Å². The Bertz CT molecular complexity index is 292. The summed E-state index contributed by atoms with van der Waals surface area (Å²) in [7, 11) is 0. The summed E-state index contributed by atoms with van der Waals surface area (Å²) in [5, 5.41) is 0. The average Bonchev–Trinajstić information content (AvgIpc) is 2.06. The van der Waals surface area contributed by atoms with E-state index < -0.39 is 17.9 Å². The minimum absolute atomic E-state index is 0.154. The quantitative estimate of drug-likeness (QED) is 0.557. The van der Waals surface area contributed by atoms with Crippen LogP contribution in [0.5, 0.6) is 0 Å². The topological polar surface area (TPSA) is 35.5 Å². The fourth-order valence-corrected chi connectivity index (χ4v) is 1.41. The van der Waals surface area contributed by atoms with Crippen LogP contribution in [0.2, 0.25) is 0 Å². The Morgan fingerprint density at radius 1 is 1.44 bits per heavy atom. The first-order valence-electron chi connectivity index (χ1n) is 4.84. The maximum Gasteiger partial charge on any atom is 0.523 e. The van der Waals surface area contributed by atoms with Crippen molar-refractivity contribution in [1.29, 1.82) is 0 Å². The van der Waals surface area contributed by atoms with Crippen molar-refractivity contribution in [3.05, 3.63) is 12.2 Å². The third-order valence-electron chi connectivity index (χ3n) is 2.41. The third-order valence-corrected chi connectivity index (χ3v) is 2.41. The molecule has 1 rings (SSSR count). The van der Waals surface area contributed by atoms with Crippen molar-refractivity contribution in [3.8, 4) is 0 Å². The molecule has 0 N–H and O–H groups in total. The number of esters is 1. The highest BCUT2D eigenvalue weighted by Crippen LogP contribution is 2.40. The van der Waals surface area contributed by atoms with Crippen LogP contribution < -0.4 is 0 Å². The summed E-state index contributed by atoms with van der Waals surface area (Å²) in [6, 6.07) is 0. The summed E-state index contributed by atoms with van der Waals surface area (Å²) in [5.74, 6) is -0.697. The Hall–Kier alpha value is -1.04. The Morgan fingerprint density at radius 3 is 2.31 bits per heavy atom. The number of halogens is 3. The molecule has 0 aromatic rings. The van der Waals surface area contributed by atoms with E-state index >= 15 is 0 Å². The molecule has 6 heteroatoms. The van der Waals surface area contributed by atoms with E-state index in [0.29, 0.717) is 6.42 Å². The molecule has 0 saturated heterocycles. The summed E-state index contributed by atoms with van der Waals surface area (Å²) < 4.78 is 44.9. The lowest BCUT2D eigenvalue weighted by Gasteiger charge is -2.40. The molecule has 3 nitrogen and oxygen atoms in total. The Labute approximate surface area is 91.2 Å². The first-order valence-corrected chi connectivity index (χ1v) is 4.84. The SMILES string of the molecule is C=C(C)C(=O)OCC1(OC(F)(F)F)CCC1. The van der Waals surface area contributed by atoms with Gasteiger partial charge in [-0.2, -0.15) is 0 Å². The minimum atomic E-state index is -4.70. The van der Waals surface area contributed by atoms with Gasteiger partial charge in [0.15, 0.2) is 0 Å². The molecule has 0 amide bonds. The molecule has 0 aromatic heterocycles. The zero-order valence-electron chi connectivity index (χ0n) is 8.89. The second-order valence-corrected chi connectivity index (χ2v) is 3.94. The molecule has 0 radical (unpaired) electrons. The second kappa shape index (κ2) is 4.45. The second-order valence-electron chi connectivity index (χ2n) is 3.94. The van der Waals surface area contributed by atoms with Gasteiger partial charge in [0.25, 0.3) is 0 Å². The zero-order chi connectivity index (χ0) is 12.4. The first kappa shape index (κ1) is 13.0. The lowest BCUT2D eigenvalue weighted by molar-refractivity contribution is -0.383. The van der Waals surface area contributed by atoms with Crippen LogP contribution in [-0.4, -0.2) is 24.5 Å². The van der Waals surface area contributed by atoms with Gasteiger partial charge in [0.2, 0.25) is 0 Å². The number of rotatable bonds is 4. The molecule has 92 valence electrons. The van der Waals surface area contributed by atoms with E-state index in [1.807, 2.05) is 0 Å². The molecule has 0 aromatic carbocycles. The van der Waals surface area contributed by atoms with Crippen molar-refractivity contribution in [2.75, 3.05) is 6.61 Å². The molecule has 1 aliphatic carbocycles. The number of alkyl halides is 3. The van der Waals surface area contributed by atoms with Gasteiger partial charge >= 0.3 is 12.3 Å². The van der Waals surface area contributed by atoms with Crippen LogP contribution in [0.4, 0.5) is 13.2 Å². The van der Waals surface area contributed by atoms with Crippen LogP contribution in [0.25, 0.3) is 0 Å². The van der Waals surface area contributed by atoms with E-state index in [1.54, 1.807) is 0 Å². The van der Waals surface area contributed by atoms with Crippen molar-refractivity contribution >= 4 is 5.97 Å². The van der Waals surface area contributed by atoms with E-state index in [2.05, 4.69) is 11.3 Å². The van der Waals surface area contributed by atoms with Crippen LogP contribution in [0.3, 0.4) is 0 Å². The van der Waals surface area contributed by atoms with Gasteiger partial charge in [-0.1, -0.05) is 6.58 Å². The Kier molecular flexibility index (Phi) is 3.62. The van der Waals surface area contributed by atoms with Crippen molar-refractivity contribution in [1.82, 2.24) is 0 Å². The molecule has 0 atom stereocenters. The monoisotopic (exact) mass is 238 g/mol. The van der Waals surface area contributed by atoms with Crippen molar-refractivity contribution in [2.45, 2.75) is 38.1 Å². The Morgan fingerprint density at radius 2 is 2.00 bits per heavy atom. The molecule has 0 bridgehead atoms. The van der Waals surface area contributed by atoms with Crippen molar-refractivity contribution in [3.63, 3.8) is 0 Å². The molecular weight excluding hydrogens is 225 g/mol. The van der Waals surface area contributed by atoms with Crippen LogP contribution in [0.1, 0.15) is 26.2 Å². The normalized spacial score (nSPS) is 18.8. The average molecular weight is 238 g/mol. The summed E-state index contributed by atoms with van der Waals surface area (Å²) in [6.45, 7) is 4.39. The zero-order valence-corrected chi connectivity index (χ0v) is 8.89. The minimum Gasteiger partial charge on any atom is -0.459 e. The van der Waals surface area contributed by atoms with Gasteiger partial charge in [-0.05, 0) is 26.2 Å². The highest BCUT2D eigenvalue weighted by molar-refractivity contribution is 5.86. The third kappa shape index (κ3) is 3.52. The highest BCUT2D eigenvalue weighted by Gasteiger charge is 2.48. The number of hydrogen-bond donors (Lipinski definition) is 0. The maximum atomic E-state index is 12.1. The summed E-state index contributed by atoms with van der Waals surface area (Å²) in [5.41, 5.74) is -1.23. The summed E-state index contributed by atoms with van der Waals surface area (Å²) in [6.07, 6.45) is -3.57. The predicted octanol–water partition coefficient (Wildman–Crippen LogP) is 2.56. The van der Waals surface area contributed by atoms with Crippen molar-refractivity contribution < 1.29 is 27.4 Å². The molecule has 0 unspecified atom stereocenters. The molecule has 1 saturated carbocycles. The van der Waals surface area contributed by atoms with Crippen LogP contribution in [0, 0.1) is 0 Å². The summed E-state index contributed by atoms with van der Waals surface area (Å²) >= 11 is 0. The molecule has 0 heterocycles. The van der Waals surface area contributed by atoms with Gasteiger partial charge in [-0.15, -0.1) is 13.2 Å². The Balaban J connectivity index is 2.48. The van der Waals surface area contributed by atoms with Gasteiger partial charge in [0.1, 0.15) is 12.2 Å². The molecule has 1 aliphatic rings. The van der Waals surface area contributed by atoms with E-state index in [4.69, 9.17) is 4.74 Å². The predicted molar refractivity (Wildman–Crippen MR) is 49.5 cm³/mol. The van der Waals surface area contributed by atoms with E-state index in [1.165, 1.54) is 6.92 Å². The smallest absolute Gasteiger partial charge is 0.459 e. The molecule has 0 aliphatic heterocycles. The van der Waals surface area contributed by atoms with Gasteiger partial charge in [0.05, 0.1) is 0 Å². The molecule has 0 spiro atoms. The lowest BCUT2D eigenvalue weighted by Crippen LogP contribution is -2.48. The highest BCUT2D eigenvalue weighted by atomic mass is 19.4. The number of carbonyl (C=O) groups excluding carboxylic acids is 1. The van der Waals surface area contributed by atoms with E-state index in [0.717, 1.165) is 0 Å². The number of ether oxygens (including phenoxy) is 2. The van der Waals surface area contributed by atoms with Gasteiger partial charge in [-0.3, -0.25) is 4.74 Å². The number of carbonyl (C=O) groups is 1. The van der Waals surface area contributed by atoms with Crippen LogP contribution in [-0.2, 0) is 14.3 Å². The van der Waals surface area contributed by atoms with Gasteiger partial charge < -0.3 is 4.74 Å². The lowest BCUT2D eigenvalue weighted by atomic mass is 9.81. The van der Waals surface area contributed by atoms with Gasteiger partial charge in [-0.25, -0.2) is 4.79 Å². The molecule has 1 fully saturated rings. The van der Waals surface area contributed by atoms with Crippen LogP contribution >= 0.6 is 0 Å². The largest absolute Gasteiger partial charge is 0.523 e. The first-order chi connectivity index (χ1) is 7.24. The number of hydrogen-bond acceptors (Lipinski definition) is 3. The standard InChI is InChI=1S/C10H13F3O3/c1-7(2)8(14)15-6-9(4-3-5-9)16-10(11,12)13/h1,3-6H2,2H3. The van der Waals surface area contributed by atoms with E-state index in [-0.39, 0.29) is 25.0 Å². The summed E-state index contributed by atoms with van der Waals surface area (Å²) in [4.78, 5) is 11.0. The van der Waals surface area contributed by atoms with Gasteiger partial charge in [0, 0.05) is 5.57 Å². The molecule has 16 heavy (non-hydrogen) atoms. The fraction of sp³-hybridized carbons (Fsp3) is 0.700. The maximum absolute atomic E-state index is 12.1. The molecular formula is C10H13F3O3. The van der Waals surface area contributed by atoms with Crippen molar-refractivity contribution in [2.24, 2.45) is 0 Å². The fourth-order valence-electron chi connectivity index (χ4n) is 1.41.